The average molecular weight is 668 g/mol. The number of aromatic nitrogens is 2. The first-order chi connectivity index (χ1) is 23.1. The first-order valence-corrected chi connectivity index (χ1v) is 17.7. The highest BCUT2D eigenvalue weighted by Crippen LogP contribution is 2.37. The van der Waals surface area contributed by atoms with Crippen molar-refractivity contribution in [2.75, 3.05) is 12.8 Å². The Morgan fingerprint density at radius 3 is 2.00 bits per heavy atom. The van der Waals surface area contributed by atoms with Crippen LogP contribution in [0.25, 0.3) is 0 Å². The van der Waals surface area contributed by atoms with Crippen LogP contribution in [0.2, 0.25) is 0 Å². The van der Waals surface area contributed by atoms with Crippen LogP contribution >= 0.6 is 0 Å². The van der Waals surface area contributed by atoms with E-state index in [2.05, 4.69) is 93.4 Å². The number of hydrogen-bond donors (Lipinski definition) is 4. The van der Waals surface area contributed by atoms with E-state index in [0.29, 0.717) is 44.2 Å². The van der Waals surface area contributed by atoms with Crippen molar-refractivity contribution >= 4 is 21.7 Å². The number of unbranched alkanes of at least 4 members (excludes halogenated alkanes) is 2. The number of sulfone groups is 1. The minimum Gasteiger partial charge on any atom is -0.480 e. The lowest BCUT2D eigenvalue weighted by atomic mass is 9.76. The topological polar surface area (TPSA) is 150 Å². The molecule has 10 nitrogen and oxygen atoms in total. The van der Waals surface area contributed by atoms with Gasteiger partial charge in [0.05, 0.1) is 11.1 Å². The molecule has 250 valence electrons. The molecule has 0 bridgehead atoms. The van der Waals surface area contributed by atoms with Gasteiger partial charge in [-0.05, 0) is 55.8 Å². The van der Waals surface area contributed by atoms with Gasteiger partial charge in [-0.2, -0.15) is 0 Å². The van der Waals surface area contributed by atoms with Gasteiger partial charge in [-0.3, -0.25) is 20.3 Å². The summed E-state index contributed by atoms with van der Waals surface area (Å²) in [4.78, 5) is 31.9. The van der Waals surface area contributed by atoms with E-state index in [-0.39, 0.29) is 17.5 Å². The number of hydrazine groups is 1. The van der Waals surface area contributed by atoms with Crippen LogP contribution < -0.4 is 16.2 Å². The van der Waals surface area contributed by atoms with E-state index in [4.69, 9.17) is 0 Å². The molecule has 0 fully saturated rings. The van der Waals surface area contributed by atoms with E-state index < -0.39 is 27.4 Å². The second kappa shape index (κ2) is 17.3. The molecule has 0 unspecified atom stereocenters. The van der Waals surface area contributed by atoms with Crippen LogP contribution in [0, 0.1) is 18.8 Å². The average Bonchev–Trinajstić information content (AvgIpc) is 3.08. The van der Waals surface area contributed by atoms with Crippen molar-refractivity contribution in [1.82, 2.24) is 26.1 Å². The molecule has 0 spiro atoms. The van der Waals surface area contributed by atoms with Crippen molar-refractivity contribution in [1.29, 1.82) is 0 Å². The van der Waals surface area contributed by atoms with E-state index in [1.807, 2.05) is 36.4 Å². The predicted octanol–water partition coefficient (Wildman–Crippen LogP) is 4.54. The van der Waals surface area contributed by atoms with Gasteiger partial charge in [-0.1, -0.05) is 102 Å². The molecule has 4 rings (SSSR count). The van der Waals surface area contributed by atoms with E-state index in [0.717, 1.165) is 22.9 Å². The minimum atomic E-state index is -3.48. The Bertz CT molecular complexity index is 1770. The third kappa shape index (κ3) is 10.1. The van der Waals surface area contributed by atoms with Crippen LogP contribution in [0.5, 0.6) is 0 Å². The Morgan fingerprint density at radius 1 is 0.854 bits per heavy atom. The highest BCUT2D eigenvalue weighted by Gasteiger charge is 2.35. The molecular formula is C37H41N5O5S. The number of carbonyl (C=O) groups excluding carboxylic acids is 1. The van der Waals surface area contributed by atoms with Crippen LogP contribution in [0.1, 0.15) is 66.3 Å². The predicted molar refractivity (Wildman–Crippen MR) is 184 cm³/mol. The highest BCUT2D eigenvalue weighted by molar-refractivity contribution is 7.90. The number of hydrogen-bond acceptors (Lipinski definition) is 8. The fraction of sp³-hybridized carbons (Fsp3) is 0.297. The summed E-state index contributed by atoms with van der Waals surface area (Å²) in [5.74, 6) is 4.36. The third-order valence-corrected chi connectivity index (χ3v) is 8.66. The second-order valence-electron chi connectivity index (χ2n) is 11.5. The summed E-state index contributed by atoms with van der Waals surface area (Å²) in [6.45, 7) is 2.70. The van der Waals surface area contributed by atoms with Crippen molar-refractivity contribution in [3.63, 3.8) is 0 Å². The van der Waals surface area contributed by atoms with Gasteiger partial charge in [-0.15, -0.1) is 0 Å². The maximum atomic E-state index is 12.3. The maximum absolute atomic E-state index is 12.3. The lowest BCUT2D eigenvalue weighted by Crippen LogP contribution is -2.48. The Hall–Kier alpha value is -4.89. The van der Waals surface area contributed by atoms with E-state index in [1.165, 1.54) is 18.0 Å². The van der Waals surface area contributed by atoms with Crippen LogP contribution in [0.3, 0.4) is 0 Å². The monoisotopic (exact) mass is 667 g/mol. The normalized spacial score (nSPS) is 12.0. The SMILES string of the molecule is Cc1ccc(C(NCCCC[C@H](NNC(=O)CCCC#Cc2cnc(S(C)(=O)=O)nc2)C(=O)O)(c2ccccc2)c2ccccc2)cc1. The van der Waals surface area contributed by atoms with E-state index in [9.17, 15) is 23.1 Å². The number of aliphatic carboxylic acids is 1. The largest absolute Gasteiger partial charge is 0.480 e. The lowest BCUT2D eigenvalue weighted by molar-refractivity contribution is -0.140. The van der Waals surface area contributed by atoms with Crippen molar-refractivity contribution in [3.8, 4) is 11.8 Å². The molecule has 1 heterocycles. The Morgan fingerprint density at radius 2 is 1.44 bits per heavy atom. The molecule has 0 saturated carbocycles. The van der Waals surface area contributed by atoms with Gasteiger partial charge < -0.3 is 5.11 Å². The summed E-state index contributed by atoms with van der Waals surface area (Å²) < 4.78 is 22.9. The van der Waals surface area contributed by atoms with E-state index >= 15 is 0 Å². The zero-order chi connectivity index (χ0) is 34.4. The molecule has 1 amide bonds. The van der Waals surface area contributed by atoms with Crippen molar-refractivity contribution < 1.29 is 23.1 Å². The van der Waals surface area contributed by atoms with Crippen LogP contribution in [0.15, 0.2) is 102 Å². The summed E-state index contributed by atoms with van der Waals surface area (Å²) in [7, 11) is -3.48. The molecule has 1 atom stereocenters. The van der Waals surface area contributed by atoms with Crippen molar-refractivity contribution in [2.24, 2.45) is 0 Å². The van der Waals surface area contributed by atoms with Crippen LogP contribution in [-0.2, 0) is 25.0 Å². The van der Waals surface area contributed by atoms with Gasteiger partial charge in [0.15, 0.2) is 0 Å². The standard InChI is InChI=1S/C37H41N5O5S/c1-28-21-23-32(24-22-28)37(30-15-7-4-8-16-30,31-17-9-5-10-18-31)40-25-13-12-19-33(35(44)45)41-42-34(43)20-11-3-6-14-29-26-38-36(39-27-29)48(2,46)47/h4-5,7-10,15-18,21-24,26-27,33,40-41H,3,11-13,19-20,25H2,1-2H3,(H,42,43)(H,44,45)/t33-/m0/s1. The molecule has 0 aliphatic heterocycles. The van der Waals surface area contributed by atoms with Gasteiger partial charge >= 0.3 is 5.97 Å². The number of nitrogens with one attached hydrogen (secondary N) is 3. The maximum Gasteiger partial charge on any atom is 0.322 e. The number of nitrogens with zero attached hydrogens (tertiary/aromatic N) is 2. The number of amides is 1. The lowest BCUT2D eigenvalue weighted by Gasteiger charge is -2.37. The molecule has 48 heavy (non-hydrogen) atoms. The minimum absolute atomic E-state index is 0.154. The third-order valence-electron chi connectivity index (χ3n) is 7.79. The summed E-state index contributed by atoms with van der Waals surface area (Å²) >= 11 is 0. The molecular weight excluding hydrogens is 627 g/mol. The zero-order valence-electron chi connectivity index (χ0n) is 27.1. The Kier molecular flexibility index (Phi) is 13.0. The summed E-state index contributed by atoms with van der Waals surface area (Å²) in [6.07, 6.45) is 6.38. The molecule has 3 aromatic carbocycles. The molecule has 4 N–H and O–H groups in total. The summed E-state index contributed by atoms with van der Waals surface area (Å²) in [6, 6.07) is 28.2. The summed E-state index contributed by atoms with van der Waals surface area (Å²) in [5.41, 5.74) is 9.56. The number of benzene rings is 3. The fourth-order valence-electron chi connectivity index (χ4n) is 5.30. The first-order valence-electron chi connectivity index (χ1n) is 15.8. The smallest absolute Gasteiger partial charge is 0.322 e. The van der Waals surface area contributed by atoms with Crippen LogP contribution in [0.4, 0.5) is 0 Å². The first kappa shape index (κ1) is 36.0. The number of rotatable bonds is 16. The molecule has 0 saturated heterocycles. The number of carboxylic acid groups (broad SMARTS) is 1. The molecule has 1 aromatic heterocycles. The zero-order valence-corrected chi connectivity index (χ0v) is 28.0. The molecule has 11 heteroatoms. The van der Waals surface area contributed by atoms with Crippen molar-refractivity contribution in [2.45, 2.75) is 62.2 Å². The van der Waals surface area contributed by atoms with E-state index in [1.54, 1.807) is 0 Å². The molecule has 0 aliphatic rings. The second-order valence-corrected chi connectivity index (χ2v) is 13.4. The number of carbonyl (C=O) groups is 2. The summed E-state index contributed by atoms with van der Waals surface area (Å²) in [5, 5.41) is 13.3. The number of aryl methyl sites for hydroxylation is 1. The Labute approximate surface area is 282 Å². The van der Waals surface area contributed by atoms with Gasteiger partial charge in [0.2, 0.25) is 20.9 Å². The van der Waals surface area contributed by atoms with Gasteiger partial charge in [0.25, 0.3) is 0 Å². The Balaban J connectivity index is 1.28. The van der Waals surface area contributed by atoms with Gasteiger partial charge in [0, 0.05) is 31.5 Å². The molecule has 0 aliphatic carbocycles. The molecule has 4 aromatic rings. The molecule has 0 radical (unpaired) electrons. The van der Waals surface area contributed by atoms with Crippen LogP contribution in [-0.4, -0.2) is 54.2 Å². The quantitative estimate of drug-likeness (QED) is 0.0444. The van der Waals surface area contributed by atoms with Gasteiger partial charge in [0.1, 0.15) is 6.04 Å². The fourth-order valence-corrected chi connectivity index (χ4v) is 5.79. The van der Waals surface area contributed by atoms with Crippen molar-refractivity contribution in [3.05, 3.63) is 125 Å². The number of carboxylic acids is 1. The highest BCUT2D eigenvalue weighted by atomic mass is 32.2. The van der Waals surface area contributed by atoms with Gasteiger partial charge in [-0.25, -0.2) is 23.8 Å².